The number of nitrogens with zero attached hydrogens (tertiary/aromatic N) is 5. The molecule has 0 spiro atoms. The zero-order valence-corrected chi connectivity index (χ0v) is 13.8. The van der Waals surface area contributed by atoms with Crippen molar-refractivity contribution < 1.29 is 9.18 Å². The van der Waals surface area contributed by atoms with Crippen molar-refractivity contribution in [3.63, 3.8) is 0 Å². The summed E-state index contributed by atoms with van der Waals surface area (Å²) in [6, 6.07) is 4.68. The van der Waals surface area contributed by atoms with Crippen molar-refractivity contribution in [2.24, 2.45) is 12.8 Å². The average molecular weight is 351 g/mol. The summed E-state index contributed by atoms with van der Waals surface area (Å²) >= 11 is 0. The molecule has 4 rings (SSSR count). The third kappa shape index (κ3) is 2.90. The Morgan fingerprint density at radius 2 is 2.12 bits per heavy atom. The fourth-order valence-corrected chi connectivity index (χ4v) is 2.81. The van der Waals surface area contributed by atoms with Crippen LogP contribution >= 0.6 is 0 Å². The second-order valence-electron chi connectivity index (χ2n) is 5.88. The molecule has 8 nitrogen and oxygen atoms in total. The summed E-state index contributed by atoms with van der Waals surface area (Å²) < 4.78 is 15.7. The fraction of sp³-hybridized carbons (Fsp3) is 0.118. The maximum absolute atomic E-state index is 14.1. The van der Waals surface area contributed by atoms with E-state index in [0.29, 0.717) is 28.1 Å². The first-order valence-corrected chi connectivity index (χ1v) is 7.78. The SMILES string of the molecule is Cn1cc(-c2cc(F)cc(Cc3nc(C(N)=O)c4[nH]cnc4n3)c2)cn1. The molecule has 0 aliphatic carbocycles. The number of carbonyl (C=O) groups excluding carboxylic acids is 1. The molecule has 26 heavy (non-hydrogen) atoms. The van der Waals surface area contributed by atoms with Gasteiger partial charge < -0.3 is 10.7 Å². The van der Waals surface area contributed by atoms with E-state index < -0.39 is 5.91 Å². The molecule has 1 amide bonds. The van der Waals surface area contributed by atoms with Gasteiger partial charge in [0.05, 0.1) is 12.5 Å². The van der Waals surface area contributed by atoms with Crippen molar-refractivity contribution in [3.8, 4) is 11.1 Å². The minimum atomic E-state index is -0.682. The third-order valence-electron chi connectivity index (χ3n) is 3.92. The van der Waals surface area contributed by atoms with E-state index in [1.54, 1.807) is 24.1 Å². The minimum absolute atomic E-state index is 0.0615. The van der Waals surface area contributed by atoms with Crippen LogP contribution in [0.2, 0.25) is 0 Å². The smallest absolute Gasteiger partial charge is 0.269 e. The predicted octanol–water partition coefficient (Wildman–Crippen LogP) is 1.58. The summed E-state index contributed by atoms with van der Waals surface area (Å²) in [7, 11) is 1.79. The monoisotopic (exact) mass is 351 g/mol. The zero-order valence-electron chi connectivity index (χ0n) is 13.8. The summed E-state index contributed by atoms with van der Waals surface area (Å²) in [5, 5.41) is 4.10. The van der Waals surface area contributed by atoms with Gasteiger partial charge in [0.1, 0.15) is 17.2 Å². The Bertz CT molecular complexity index is 1130. The molecule has 0 unspecified atom stereocenters. The largest absolute Gasteiger partial charge is 0.364 e. The van der Waals surface area contributed by atoms with Gasteiger partial charge in [-0.1, -0.05) is 6.07 Å². The molecule has 0 saturated heterocycles. The lowest BCUT2D eigenvalue weighted by Gasteiger charge is -2.06. The quantitative estimate of drug-likeness (QED) is 0.579. The van der Waals surface area contributed by atoms with Crippen LogP contribution in [0.3, 0.4) is 0 Å². The molecule has 3 N–H and O–H groups in total. The van der Waals surface area contributed by atoms with Crippen LogP contribution in [0.1, 0.15) is 21.9 Å². The Morgan fingerprint density at radius 1 is 1.27 bits per heavy atom. The van der Waals surface area contributed by atoms with E-state index in [9.17, 15) is 9.18 Å². The molecule has 0 atom stereocenters. The Hall–Kier alpha value is -3.62. The Labute approximate surface area is 146 Å². The number of nitrogens with two attached hydrogens (primary N) is 1. The molecule has 3 aromatic heterocycles. The lowest BCUT2D eigenvalue weighted by molar-refractivity contribution is 0.0996. The van der Waals surface area contributed by atoms with Crippen molar-refractivity contribution >= 4 is 17.1 Å². The number of imidazole rings is 1. The summed E-state index contributed by atoms with van der Waals surface area (Å²) in [6.45, 7) is 0. The molecule has 0 radical (unpaired) electrons. The van der Waals surface area contributed by atoms with E-state index in [2.05, 4.69) is 25.0 Å². The second-order valence-corrected chi connectivity index (χ2v) is 5.88. The van der Waals surface area contributed by atoms with Crippen molar-refractivity contribution in [2.45, 2.75) is 6.42 Å². The van der Waals surface area contributed by atoms with Gasteiger partial charge in [0.15, 0.2) is 11.3 Å². The molecule has 0 aliphatic rings. The van der Waals surface area contributed by atoms with Crippen LogP contribution in [-0.2, 0) is 13.5 Å². The molecule has 0 bridgehead atoms. The number of aromatic amines is 1. The topological polar surface area (TPSA) is 115 Å². The highest BCUT2D eigenvalue weighted by atomic mass is 19.1. The lowest BCUT2D eigenvalue weighted by atomic mass is 10.0. The van der Waals surface area contributed by atoms with Crippen LogP contribution in [0.15, 0.2) is 36.9 Å². The number of carbonyl (C=O) groups is 1. The Morgan fingerprint density at radius 3 is 2.85 bits per heavy atom. The molecule has 0 aliphatic heterocycles. The first kappa shape index (κ1) is 15.9. The molecule has 4 aromatic rings. The first-order chi connectivity index (χ1) is 12.5. The summed E-state index contributed by atoms with van der Waals surface area (Å²) in [6.07, 6.45) is 5.11. The van der Waals surface area contributed by atoms with Gasteiger partial charge in [-0.25, -0.2) is 19.3 Å². The van der Waals surface area contributed by atoms with E-state index in [-0.39, 0.29) is 17.9 Å². The van der Waals surface area contributed by atoms with E-state index in [4.69, 9.17) is 5.73 Å². The lowest BCUT2D eigenvalue weighted by Crippen LogP contribution is -2.16. The zero-order chi connectivity index (χ0) is 18.3. The fourth-order valence-electron chi connectivity index (χ4n) is 2.81. The van der Waals surface area contributed by atoms with Gasteiger partial charge in [-0.3, -0.25) is 9.48 Å². The average Bonchev–Trinajstić information content (AvgIpc) is 3.22. The second kappa shape index (κ2) is 6.03. The highest BCUT2D eigenvalue weighted by Crippen LogP contribution is 2.23. The number of aryl methyl sites for hydroxylation is 1. The first-order valence-electron chi connectivity index (χ1n) is 7.78. The molecule has 1 aromatic carbocycles. The normalized spacial score (nSPS) is 11.2. The molecule has 9 heteroatoms. The summed E-state index contributed by atoms with van der Waals surface area (Å²) in [4.78, 5) is 27.0. The van der Waals surface area contributed by atoms with Crippen LogP contribution < -0.4 is 5.73 Å². The predicted molar refractivity (Wildman–Crippen MR) is 91.6 cm³/mol. The maximum atomic E-state index is 14.1. The van der Waals surface area contributed by atoms with E-state index >= 15 is 0 Å². The van der Waals surface area contributed by atoms with Crippen LogP contribution in [0.5, 0.6) is 0 Å². The molecule has 3 heterocycles. The molecular formula is C17H14FN7O. The number of fused-ring (bicyclic) bond motifs is 1. The maximum Gasteiger partial charge on any atom is 0.269 e. The third-order valence-corrected chi connectivity index (χ3v) is 3.92. The number of hydrogen-bond acceptors (Lipinski definition) is 5. The molecule has 0 saturated carbocycles. The van der Waals surface area contributed by atoms with Gasteiger partial charge in [-0.15, -0.1) is 0 Å². The van der Waals surface area contributed by atoms with Crippen LogP contribution in [-0.4, -0.2) is 35.6 Å². The number of halogens is 1. The van der Waals surface area contributed by atoms with Crippen LogP contribution in [0.4, 0.5) is 4.39 Å². The van der Waals surface area contributed by atoms with E-state index in [0.717, 1.165) is 5.56 Å². The standard InChI is InChI=1S/C17H14FN7O/c1-25-7-11(6-22-25)10-2-9(3-12(18)5-10)4-13-23-14(16(19)26)15-17(24-13)21-8-20-15/h2-3,5-8H,4H2,1H3,(H2,19,26)(H,20,21,23,24). The number of nitrogens with one attached hydrogen (secondary N) is 1. The molecule has 130 valence electrons. The van der Waals surface area contributed by atoms with Crippen LogP contribution in [0, 0.1) is 5.82 Å². The highest BCUT2D eigenvalue weighted by Gasteiger charge is 2.15. The minimum Gasteiger partial charge on any atom is -0.364 e. The van der Waals surface area contributed by atoms with Crippen molar-refractivity contribution in [2.75, 3.05) is 0 Å². The number of rotatable bonds is 4. The molecular weight excluding hydrogens is 337 g/mol. The van der Waals surface area contributed by atoms with E-state index in [1.807, 2.05) is 6.07 Å². The number of H-pyrrole nitrogens is 1. The van der Waals surface area contributed by atoms with Crippen LogP contribution in [0.25, 0.3) is 22.3 Å². The van der Waals surface area contributed by atoms with Gasteiger partial charge in [0, 0.05) is 25.2 Å². The summed E-state index contributed by atoms with van der Waals surface area (Å²) in [5.41, 5.74) is 8.33. The highest BCUT2D eigenvalue weighted by molar-refractivity contribution is 6.01. The Kier molecular flexibility index (Phi) is 3.68. The number of hydrogen-bond donors (Lipinski definition) is 2. The number of amides is 1. The van der Waals surface area contributed by atoms with Gasteiger partial charge in [-0.2, -0.15) is 5.10 Å². The number of aromatic nitrogens is 6. The van der Waals surface area contributed by atoms with E-state index in [1.165, 1.54) is 18.5 Å². The van der Waals surface area contributed by atoms with Gasteiger partial charge in [-0.05, 0) is 23.3 Å². The van der Waals surface area contributed by atoms with Crippen molar-refractivity contribution in [1.29, 1.82) is 0 Å². The Balaban J connectivity index is 1.74. The van der Waals surface area contributed by atoms with Gasteiger partial charge in [0.2, 0.25) is 0 Å². The molecule has 0 fully saturated rings. The number of primary amides is 1. The van der Waals surface area contributed by atoms with Crippen molar-refractivity contribution in [1.82, 2.24) is 29.7 Å². The summed E-state index contributed by atoms with van der Waals surface area (Å²) in [5.74, 6) is -0.725. The van der Waals surface area contributed by atoms with Crippen molar-refractivity contribution in [3.05, 3.63) is 59.8 Å². The van der Waals surface area contributed by atoms with Gasteiger partial charge in [0.25, 0.3) is 5.91 Å². The van der Waals surface area contributed by atoms with Gasteiger partial charge >= 0.3 is 0 Å². The number of benzene rings is 1.